The molecule has 106 heavy (non-hydrogen) atoms. The van der Waals surface area contributed by atoms with Crippen molar-refractivity contribution in [3.05, 3.63) is 143 Å². The van der Waals surface area contributed by atoms with Crippen LogP contribution in [0.25, 0.3) is 0 Å². The number of halogens is 6. The molecule has 4 bridgehead atoms. The number of hydrogen-bond donors (Lipinski definition) is 2. The zero-order chi connectivity index (χ0) is 79.6. The van der Waals surface area contributed by atoms with Gasteiger partial charge in [-0.3, -0.25) is 24.0 Å². The first-order valence-electron chi connectivity index (χ1n) is 36.9. The SMILES string of the molecule is CC(C)(C)c1ccc([S+](c2ccccc2)c2ccccc2)cc1.CCC(C)(C)C(=O)OC1(C)CCCC1.CCC(C)(C)C(=O)OC12CC3CC(C1)CC(C(=O)OC(CS(=O)(=O)[O-])C(F)(F)F)(C3)C2.CCC(C)c1cccc(O)c1.CCC(Cc1c(I)cc(I)c(N)c1I)C(=O)OCCOC(=O)C(C)(C)CC. The summed E-state index contributed by atoms with van der Waals surface area (Å²) in [5.74, 6) is -3.37. The molecule has 5 saturated carbocycles. The molecule has 5 atom stereocenters. The summed E-state index contributed by atoms with van der Waals surface area (Å²) in [5.41, 5.74) is 6.77. The molecular weight excluding hydrogens is 1740 g/mol. The fourth-order valence-electron chi connectivity index (χ4n) is 13.3. The van der Waals surface area contributed by atoms with E-state index in [9.17, 15) is 50.1 Å². The smallest absolute Gasteiger partial charge is 0.426 e. The summed E-state index contributed by atoms with van der Waals surface area (Å²) in [6, 6.07) is 40.2. The first-order valence-corrected chi connectivity index (χ1v) is 42.9. The van der Waals surface area contributed by atoms with E-state index in [1.54, 1.807) is 19.9 Å². The van der Waals surface area contributed by atoms with Crippen LogP contribution in [0.5, 0.6) is 5.75 Å². The Hall–Kier alpha value is -4.71. The van der Waals surface area contributed by atoms with Gasteiger partial charge in [-0.05, 0) is 307 Å². The number of nitrogen functional groups attached to an aromatic ring is 1. The normalized spacial score (nSPS) is 19.7. The number of hydrogen-bond acceptors (Lipinski definition) is 15. The minimum atomic E-state index is -5.27. The lowest BCUT2D eigenvalue weighted by atomic mass is 9.48. The van der Waals surface area contributed by atoms with E-state index in [4.69, 9.17) is 29.8 Å². The number of alkyl halides is 3. The van der Waals surface area contributed by atoms with Crippen molar-refractivity contribution in [1.29, 1.82) is 0 Å². The van der Waals surface area contributed by atoms with Gasteiger partial charge in [0.05, 0.1) is 60.0 Å². The maximum absolute atomic E-state index is 13.3. The minimum absolute atomic E-state index is 0.00100. The van der Waals surface area contributed by atoms with Gasteiger partial charge in [0.1, 0.15) is 30.2 Å². The first kappa shape index (κ1) is 91.9. The van der Waals surface area contributed by atoms with Crippen molar-refractivity contribution < 1.29 is 78.9 Å². The van der Waals surface area contributed by atoms with Crippen LogP contribution in [0, 0.1) is 50.1 Å². The summed E-state index contributed by atoms with van der Waals surface area (Å²) in [6.45, 7) is 32.2. The maximum atomic E-state index is 13.3. The molecule has 0 heterocycles. The second-order valence-electron chi connectivity index (χ2n) is 32.0. The number of aromatic hydroxyl groups is 1. The predicted molar refractivity (Wildman–Crippen MR) is 437 cm³/mol. The summed E-state index contributed by atoms with van der Waals surface area (Å²) < 4.78 is 102. The molecule has 0 amide bonds. The number of carbonyl (C=O) groups is 5. The van der Waals surface area contributed by atoms with E-state index < -0.39 is 61.9 Å². The van der Waals surface area contributed by atoms with E-state index in [0.29, 0.717) is 63.0 Å². The molecule has 0 radical (unpaired) electrons. The Balaban J connectivity index is 0.000000248. The summed E-state index contributed by atoms with van der Waals surface area (Å²) in [4.78, 5) is 66.0. The highest BCUT2D eigenvalue weighted by atomic mass is 127. The Kier molecular flexibility index (Phi) is 34.2. The highest BCUT2D eigenvalue weighted by molar-refractivity contribution is 14.1. The van der Waals surface area contributed by atoms with Gasteiger partial charge in [-0.25, -0.2) is 8.42 Å². The molecule has 23 heteroatoms. The Bertz CT molecular complexity index is 3770. The van der Waals surface area contributed by atoms with Crippen molar-refractivity contribution in [3.8, 4) is 5.75 Å². The van der Waals surface area contributed by atoms with Crippen LogP contribution in [0.4, 0.5) is 18.9 Å². The summed E-state index contributed by atoms with van der Waals surface area (Å²) in [5, 5.41) is 9.16. The van der Waals surface area contributed by atoms with Crippen LogP contribution >= 0.6 is 67.8 Å². The van der Waals surface area contributed by atoms with Crippen LogP contribution in [-0.2, 0) is 80.5 Å². The van der Waals surface area contributed by atoms with Crippen LogP contribution in [0.2, 0.25) is 0 Å². The lowest BCUT2D eigenvalue weighted by molar-refractivity contribution is -0.239. The highest BCUT2D eigenvalue weighted by Crippen LogP contribution is 2.64. The van der Waals surface area contributed by atoms with Crippen LogP contribution in [0.15, 0.2) is 130 Å². The minimum Gasteiger partial charge on any atom is -0.748 e. The van der Waals surface area contributed by atoms with Gasteiger partial charge in [-0.2, -0.15) is 13.2 Å². The molecule has 5 aliphatic rings. The van der Waals surface area contributed by atoms with Crippen molar-refractivity contribution in [3.63, 3.8) is 0 Å². The van der Waals surface area contributed by atoms with Crippen LogP contribution in [0.1, 0.15) is 230 Å². The van der Waals surface area contributed by atoms with E-state index in [-0.39, 0.29) is 82.6 Å². The Morgan fingerprint density at radius 3 is 1.60 bits per heavy atom. The van der Waals surface area contributed by atoms with Gasteiger partial charge in [0.2, 0.25) is 6.10 Å². The van der Waals surface area contributed by atoms with Gasteiger partial charge < -0.3 is 39.1 Å². The molecule has 5 fully saturated rings. The average Bonchev–Trinajstić information content (AvgIpc) is 0.753. The third kappa shape index (κ3) is 26.8. The van der Waals surface area contributed by atoms with E-state index in [2.05, 4.69) is 199 Å². The summed E-state index contributed by atoms with van der Waals surface area (Å²) >= 11 is 6.73. The lowest BCUT2D eigenvalue weighted by Gasteiger charge is -2.60. The van der Waals surface area contributed by atoms with E-state index in [1.807, 2.05) is 79.7 Å². The third-order valence-corrected chi connectivity index (χ3v) is 27.2. The van der Waals surface area contributed by atoms with Crippen molar-refractivity contribution in [2.45, 2.75) is 263 Å². The number of rotatable bonds is 24. The molecule has 5 aromatic carbocycles. The van der Waals surface area contributed by atoms with Crippen molar-refractivity contribution in [2.75, 3.05) is 24.7 Å². The molecule has 588 valence electrons. The molecule has 10 rings (SSSR count). The van der Waals surface area contributed by atoms with Gasteiger partial charge in [0.15, 0.2) is 14.7 Å². The van der Waals surface area contributed by atoms with Crippen LogP contribution in [-0.4, -0.2) is 90.4 Å². The number of phenols is 1. The molecule has 5 unspecified atom stereocenters. The molecule has 3 N–H and O–H groups in total. The van der Waals surface area contributed by atoms with Crippen molar-refractivity contribution >= 4 is 124 Å². The van der Waals surface area contributed by atoms with Crippen LogP contribution in [0.3, 0.4) is 0 Å². The number of carbonyl (C=O) groups excluding carboxylic acids is 5. The zero-order valence-electron chi connectivity index (χ0n) is 64.7. The van der Waals surface area contributed by atoms with E-state index in [1.165, 1.54) is 38.7 Å². The standard InChI is InChI=1S/C22H23S.C20H29F3O7S.C19H26I3NO4.C12H22O2.C10H14O/c1-22(2,3)18-14-16-21(17-15-18)23(19-10-6-4-7-11-19)20-12-8-5-9-13-20;1-4-17(2,3)15(24)30-19-8-12-5-13(9-19)7-18(6-12,11-19)16(25)29-14(20(21,22)23)10-31(26,27)28;1-5-11(9-12-13(20)10-14(21)16(23)15(12)22)17(24)26-7-8-27-18(25)19(3,4)6-2;1-5-11(2,3)10(13)14-12(4)8-6-7-9-12;1-3-8(2)9-5-4-6-10(11)7-9/h4-17H,1-3H3;12-14H,4-11H2,1-3H3,(H,26,27,28);10-11H,5-9,23H2,1-4H3;5-9H2,1-4H3;4-8,11H,3H2,1-2H3/q+1;;;;/p-1. The number of anilines is 1. The highest BCUT2D eigenvalue weighted by Gasteiger charge is 2.64. The lowest BCUT2D eigenvalue weighted by Crippen LogP contribution is -2.61. The Morgan fingerprint density at radius 2 is 1.14 bits per heavy atom. The molecule has 0 aliphatic heterocycles. The average molecular weight is 1850 g/mol. The van der Waals surface area contributed by atoms with Gasteiger partial charge in [-0.15, -0.1) is 0 Å². The van der Waals surface area contributed by atoms with Gasteiger partial charge in [-0.1, -0.05) is 123 Å². The second-order valence-corrected chi connectivity index (χ2v) is 38.9. The van der Waals surface area contributed by atoms with E-state index >= 15 is 0 Å². The number of nitrogens with two attached hydrogens (primary N) is 1. The van der Waals surface area contributed by atoms with Gasteiger partial charge in [0.25, 0.3) is 0 Å². The molecule has 5 aromatic rings. The fourth-order valence-corrected chi connectivity index (χ4v) is 19.8. The largest absolute Gasteiger partial charge is 0.748 e. The zero-order valence-corrected chi connectivity index (χ0v) is 72.8. The fraction of sp³-hybridized carbons (Fsp3) is 0.578. The maximum Gasteiger partial charge on any atom is 0.426 e. The molecule has 15 nitrogen and oxygen atoms in total. The topological polar surface area (TPSA) is 235 Å². The number of ether oxygens (including phenoxy) is 5. The van der Waals surface area contributed by atoms with Gasteiger partial charge in [0, 0.05) is 17.1 Å². The monoisotopic (exact) mass is 1850 g/mol. The third-order valence-electron chi connectivity index (χ3n) is 21.1. The molecule has 5 aliphatic carbocycles. The number of esters is 5. The number of benzene rings is 5. The van der Waals surface area contributed by atoms with E-state index in [0.717, 1.165) is 54.1 Å². The first-order chi connectivity index (χ1) is 49.2. The Morgan fingerprint density at radius 1 is 0.651 bits per heavy atom. The predicted octanol–water partition coefficient (Wildman–Crippen LogP) is 20.8. The summed E-state index contributed by atoms with van der Waals surface area (Å²) in [7, 11) is -5.32. The second kappa shape index (κ2) is 39.5. The molecule has 0 aromatic heterocycles. The molecule has 0 spiro atoms. The van der Waals surface area contributed by atoms with Crippen molar-refractivity contribution in [1.82, 2.24) is 0 Å². The van der Waals surface area contributed by atoms with Gasteiger partial charge >= 0.3 is 36.0 Å². The Labute approximate surface area is 673 Å². The van der Waals surface area contributed by atoms with Crippen LogP contribution < -0.4 is 5.73 Å². The molecule has 0 saturated heterocycles. The quantitative estimate of drug-likeness (QED) is 0.0111. The number of phenolic OH excluding ortho intramolecular Hbond substituents is 1. The van der Waals surface area contributed by atoms with Crippen molar-refractivity contribution in [2.24, 2.45) is 39.4 Å². The summed E-state index contributed by atoms with van der Waals surface area (Å²) in [6.07, 6.45) is 3.18. The molecular formula is C83H113F3I3NO14S2.